The van der Waals surface area contributed by atoms with Crippen molar-refractivity contribution >= 4 is 0 Å². The molecule has 0 aliphatic rings. The summed E-state index contributed by atoms with van der Waals surface area (Å²) in [5.41, 5.74) is 1.93. The zero-order valence-corrected chi connectivity index (χ0v) is 10.4. The molecule has 0 aliphatic heterocycles. The Morgan fingerprint density at radius 2 is 1.95 bits per heavy atom. The van der Waals surface area contributed by atoms with Gasteiger partial charge in [0, 0.05) is 5.56 Å². The van der Waals surface area contributed by atoms with Crippen LogP contribution in [0.25, 0.3) is 11.4 Å². The first-order valence-electron chi connectivity index (χ1n) is 5.98. The number of benzene rings is 1. The van der Waals surface area contributed by atoms with Crippen LogP contribution < -0.4 is 0 Å². The van der Waals surface area contributed by atoms with Crippen LogP contribution in [0.4, 0.5) is 8.78 Å². The summed E-state index contributed by atoms with van der Waals surface area (Å²) in [5, 5.41) is 12.8. The van der Waals surface area contributed by atoms with E-state index in [1.165, 1.54) is 5.56 Å². The molecule has 0 radical (unpaired) electrons. The smallest absolute Gasteiger partial charge is 0.264 e. The zero-order valence-electron chi connectivity index (χ0n) is 10.4. The SMILES string of the molecule is CCc1ccc(-c2noc(CC(O)C(F)F)n2)cc1. The van der Waals surface area contributed by atoms with Crippen molar-refractivity contribution in [2.24, 2.45) is 0 Å². The number of hydrogen-bond donors (Lipinski definition) is 1. The fourth-order valence-electron chi connectivity index (χ4n) is 1.61. The highest BCUT2D eigenvalue weighted by molar-refractivity contribution is 5.54. The van der Waals surface area contributed by atoms with Gasteiger partial charge in [0.25, 0.3) is 6.43 Å². The summed E-state index contributed by atoms with van der Waals surface area (Å²) in [6, 6.07) is 7.58. The molecule has 1 aromatic carbocycles. The van der Waals surface area contributed by atoms with Crippen LogP contribution in [0, 0.1) is 0 Å². The summed E-state index contributed by atoms with van der Waals surface area (Å²) >= 11 is 0. The molecule has 19 heavy (non-hydrogen) atoms. The molecule has 0 bridgehead atoms. The van der Waals surface area contributed by atoms with E-state index >= 15 is 0 Å². The van der Waals surface area contributed by atoms with Gasteiger partial charge in [0.05, 0.1) is 6.42 Å². The summed E-state index contributed by atoms with van der Waals surface area (Å²) in [4.78, 5) is 3.99. The molecule has 0 saturated carbocycles. The van der Waals surface area contributed by atoms with Crippen LogP contribution in [0.2, 0.25) is 0 Å². The predicted octanol–water partition coefficient (Wildman–Crippen LogP) is 2.47. The molecule has 102 valence electrons. The van der Waals surface area contributed by atoms with Crippen LogP contribution in [0.15, 0.2) is 28.8 Å². The third-order valence-electron chi connectivity index (χ3n) is 2.76. The summed E-state index contributed by atoms with van der Waals surface area (Å²) in [6.45, 7) is 2.05. The molecule has 6 heteroatoms. The van der Waals surface area contributed by atoms with Crippen molar-refractivity contribution in [1.29, 1.82) is 0 Å². The monoisotopic (exact) mass is 268 g/mol. The number of rotatable bonds is 5. The van der Waals surface area contributed by atoms with E-state index in [1.807, 2.05) is 31.2 Å². The average Bonchev–Trinajstić information content (AvgIpc) is 2.87. The van der Waals surface area contributed by atoms with E-state index in [9.17, 15) is 8.78 Å². The Morgan fingerprint density at radius 3 is 2.53 bits per heavy atom. The number of nitrogens with zero attached hydrogens (tertiary/aromatic N) is 2. The topological polar surface area (TPSA) is 59.2 Å². The molecular formula is C13H14F2N2O2. The fraction of sp³-hybridized carbons (Fsp3) is 0.385. The maximum Gasteiger partial charge on any atom is 0.264 e. The van der Waals surface area contributed by atoms with Crippen LogP contribution in [0.3, 0.4) is 0 Å². The first-order chi connectivity index (χ1) is 9.10. The molecule has 0 aliphatic carbocycles. The Kier molecular flexibility index (Phi) is 4.21. The molecule has 1 N–H and O–H groups in total. The van der Waals surface area contributed by atoms with E-state index in [1.54, 1.807) is 0 Å². The maximum atomic E-state index is 12.2. The minimum absolute atomic E-state index is 0.00219. The van der Waals surface area contributed by atoms with E-state index in [0.717, 1.165) is 12.0 Å². The van der Waals surface area contributed by atoms with Gasteiger partial charge in [-0.1, -0.05) is 36.3 Å². The van der Waals surface area contributed by atoms with Gasteiger partial charge in [0.2, 0.25) is 11.7 Å². The summed E-state index contributed by atoms with van der Waals surface area (Å²) in [7, 11) is 0. The first-order valence-corrected chi connectivity index (χ1v) is 5.98. The number of aromatic nitrogens is 2. The lowest BCUT2D eigenvalue weighted by molar-refractivity contribution is -0.00754. The van der Waals surface area contributed by atoms with Gasteiger partial charge < -0.3 is 9.63 Å². The Labute approximate surface area is 109 Å². The predicted molar refractivity (Wildman–Crippen MR) is 64.8 cm³/mol. The number of aliphatic hydroxyl groups is 1. The van der Waals surface area contributed by atoms with Gasteiger partial charge in [0.15, 0.2) is 0 Å². The van der Waals surface area contributed by atoms with Crippen molar-refractivity contribution in [3.05, 3.63) is 35.7 Å². The fourth-order valence-corrected chi connectivity index (χ4v) is 1.61. The molecule has 4 nitrogen and oxygen atoms in total. The third-order valence-corrected chi connectivity index (χ3v) is 2.76. The molecule has 1 unspecified atom stereocenters. The third kappa shape index (κ3) is 3.35. The molecule has 0 fully saturated rings. The van der Waals surface area contributed by atoms with Gasteiger partial charge in [-0.15, -0.1) is 0 Å². The van der Waals surface area contributed by atoms with Crippen LogP contribution in [-0.4, -0.2) is 27.8 Å². The number of halogens is 2. The van der Waals surface area contributed by atoms with Crippen LogP contribution in [-0.2, 0) is 12.8 Å². The van der Waals surface area contributed by atoms with Crippen molar-refractivity contribution in [2.45, 2.75) is 32.3 Å². The van der Waals surface area contributed by atoms with Crippen molar-refractivity contribution in [3.8, 4) is 11.4 Å². The number of hydrogen-bond acceptors (Lipinski definition) is 4. The molecule has 0 spiro atoms. The van der Waals surface area contributed by atoms with E-state index in [4.69, 9.17) is 9.63 Å². The summed E-state index contributed by atoms with van der Waals surface area (Å²) < 4.78 is 29.2. The molecule has 2 aromatic rings. The largest absolute Gasteiger partial charge is 0.387 e. The maximum absolute atomic E-state index is 12.2. The van der Waals surface area contributed by atoms with Gasteiger partial charge in [-0.3, -0.25) is 0 Å². The average molecular weight is 268 g/mol. The lowest BCUT2D eigenvalue weighted by Crippen LogP contribution is -2.20. The quantitative estimate of drug-likeness (QED) is 0.905. The molecule has 2 rings (SSSR count). The standard InChI is InChI=1S/C13H14F2N2O2/c1-2-8-3-5-9(6-4-8)13-16-11(19-17-13)7-10(18)12(14)15/h3-6,10,12,18H,2,7H2,1H3. The highest BCUT2D eigenvalue weighted by Crippen LogP contribution is 2.18. The van der Waals surface area contributed by atoms with E-state index in [0.29, 0.717) is 5.82 Å². The van der Waals surface area contributed by atoms with Gasteiger partial charge in [-0.2, -0.15) is 4.98 Å². The molecule has 0 saturated heterocycles. The highest BCUT2D eigenvalue weighted by Gasteiger charge is 2.21. The number of alkyl halides is 2. The van der Waals surface area contributed by atoms with Crippen molar-refractivity contribution in [1.82, 2.24) is 10.1 Å². The lowest BCUT2D eigenvalue weighted by atomic mass is 10.1. The minimum atomic E-state index is -2.82. The summed E-state index contributed by atoms with van der Waals surface area (Å²) in [6.07, 6.45) is -4.02. The van der Waals surface area contributed by atoms with E-state index < -0.39 is 12.5 Å². The van der Waals surface area contributed by atoms with Crippen molar-refractivity contribution < 1.29 is 18.4 Å². The lowest BCUT2D eigenvalue weighted by Gasteiger charge is -2.04. The Morgan fingerprint density at radius 1 is 1.26 bits per heavy atom. The van der Waals surface area contributed by atoms with Gasteiger partial charge in [0.1, 0.15) is 6.10 Å². The zero-order chi connectivity index (χ0) is 13.8. The molecule has 1 heterocycles. The highest BCUT2D eigenvalue weighted by atomic mass is 19.3. The van der Waals surface area contributed by atoms with Crippen LogP contribution in [0.5, 0.6) is 0 Å². The number of aryl methyl sites for hydroxylation is 1. The van der Waals surface area contributed by atoms with Crippen molar-refractivity contribution in [3.63, 3.8) is 0 Å². The first kappa shape index (κ1) is 13.6. The van der Waals surface area contributed by atoms with E-state index in [2.05, 4.69) is 10.1 Å². The van der Waals surface area contributed by atoms with E-state index in [-0.39, 0.29) is 12.3 Å². The van der Waals surface area contributed by atoms with Gasteiger partial charge in [-0.05, 0) is 12.0 Å². The Hall–Kier alpha value is -1.82. The Balaban J connectivity index is 2.11. The second-order valence-corrected chi connectivity index (χ2v) is 4.17. The number of aliphatic hydroxyl groups excluding tert-OH is 1. The van der Waals surface area contributed by atoms with Crippen molar-refractivity contribution in [2.75, 3.05) is 0 Å². The second kappa shape index (κ2) is 5.88. The van der Waals surface area contributed by atoms with Gasteiger partial charge in [-0.25, -0.2) is 8.78 Å². The molecule has 0 amide bonds. The van der Waals surface area contributed by atoms with Crippen LogP contribution in [0.1, 0.15) is 18.4 Å². The second-order valence-electron chi connectivity index (χ2n) is 4.17. The van der Waals surface area contributed by atoms with Crippen LogP contribution >= 0.6 is 0 Å². The molecule has 1 atom stereocenters. The van der Waals surface area contributed by atoms with Gasteiger partial charge >= 0.3 is 0 Å². The Bertz CT molecular complexity index is 526. The summed E-state index contributed by atoms with van der Waals surface area (Å²) in [5.74, 6) is 0.335. The normalized spacial score (nSPS) is 12.9. The minimum Gasteiger partial charge on any atom is -0.387 e. The molecule has 1 aromatic heterocycles. The molecular weight excluding hydrogens is 254 g/mol.